The van der Waals surface area contributed by atoms with Crippen molar-refractivity contribution in [1.82, 2.24) is 0 Å². The van der Waals surface area contributed by atoms with E-state index in [1.165, 1.54) is 0 Å². The summed E-state index contributed by atoms with van der Waals surface area (Å²) in [4.78, 5) is 44.6. The number of aliphatic carboxylic acids is 2. The molecule has 0 heterocycles. The number of carbonyl (C=O) groups is 4. The number of hydrogen-bond donors (Lipinski definition) is 4. The van der Waals surface area contributed by atoms with Crippen LogP contribution in [0.1, 0.15) is 49.7 Å². The van der Waals surface area contributed by atoms with E-state index >= 15 is 0 Å². The Morgan fingerprint density at radius 1 is 0.594 bits per heavy atom. The quantitative estimate of drug-likeness (QED) is 0.366. The van der Waals surface area contributed by atoms with Crippen LogP contribution in [0.3, 0.4) is 0 Å². The Bertz CT molecular complexity index is 885. The highest BCUT2D eigenvalue weighted by Crippen LogP contribution is 2.15. The van der Waals surface area contributed by atoms with Crippen molar-refractivity contribution < 1.29 is 29.4 Å². The number of carbonyl (C=O) groups excluding carboxylic acids is 2. The van der Waals surface area contributed by atoms with Crippen molar-refractivity contribution in [2.24, 2.45) is 0 Å². The largest absolute Gasteiger partial charge is 0.481 e. The minimum absolute atomic E-state index is 0.0305. The van der Waals surface area contributed by atoms with E-state index in [1.807, 2.05) is 36.4 Å². The van der Waals surface area contributed by atoms with Gasteiger partial charge in [0.05, 0.1) is 0 Å². The Morgan fingerprint density at radius 2 is 0.938 bits per heavy atom. The number of hydrogen-bond acceptors (Lipinski definition) is 4. The number of carboxylic acid groups (broad SMARTS) is 2. The Kier molecular flexibility index (Phi) is 9.65. The summed E-state index contributed by atoms with van der Waals surface area (Å²) < 4.78 is 0. The summed E-state index contributed by atoms with van der Waals surface area (Å²) in [5, 5.41) is 22.7. The molecule has 0 atom stereocenters. The van der Waals surface area contributed by atoms with E-state index < -0.39 is 11.9 Å². The highest BCUT2D eigenvalue weighted by Gasteiger charge is 2.05. The average Bonchev–Trinajstić information content (AvgIpc) is 2.73. The molecule has 8 heteroatoms. The van der Waals surface area contributed by atoms with Crippen molar-refractivity contribution in [3.8, 4) is 0 Å². The van der Waals surface area contributed by atoms with Crippen molar-refractivity contribution in [1.29, 1.82) is 0 Å². The fourth-order valence-electron chi connectivity index (χ4n) is 2.79. The smallest absolute Gasteiger partial charge is 0.303 e. The number of rotatable bonds is 12. The SMILES string of the molecule is O=C(O)CCCC(=O)Nc1ccc(/C=C/c2ccc(NC(=O)CCCC(=O)O)cc2)cc1. The van der Waals surface area contributed by atoms with Crippen LogP contribution >= 0.6 is 0 Å². The van der Waals surface area contributed by atoms with Crippen LogP contribution in [0.4, 0.5) is 11.4 Å². The molecule has 0 saturated heterocycles. The predicted molar refractivity (Wildman–Crippen MR) is 122 cm³/mol. The van der Waals surface area contributed by atoms with Gasteiger partial charge in [-0.3, -0.25) is 19.2 Å². The minimum atomic E-state index is -0.915. The summed E-state index contributed by atoms with van der Waals surface area (Å²) in [6.07, 6.45) is 4.69. The Hall–Kier alpha value is -3.94. The van der Waals surface area contributed by atoms with Crippen LogP contribution in [-0.4, -0.2) is 34.0 Å². The molecule has 0 saturated carbocycles. The van der Waals surface area contributed by atoms with Crippen molar-refractivity contribution >= 4 is 47.3 Å². The lowest BCUT2D eigenvalue weighted by Crippen LogP contribution is -2.11. The third-order valence-electron chi connectivity index (χ3n) is 4.45. The third kappa shape index (κ3) is 9.71. The van der Waals surface area contributed by atoms with E-state index in [4.69, 9.17) is 10.2 Å². The standard InChI is InChI=1S/C24H26N2O6/c27-21(3-1-5-23(29)30)25-19-13-9-17(10-14-19)7-8-18-11-15-20(16-12-18)26-22(28)4-2-6-24(31)32/h7-16H,1-6H2,(H,25,27)(H,26,28)(H,29,30)(H,31,32)/b8-7+. The van der Waals surface area contributed by atoms with E-state index in [0.29, 0.717) is 24.2 Å². The van der Waals surface area contributed by atoms with Crippen molar-refractivity contribution in [2.45, 2.75) is 38.5 Å². The second-order valence-corrected chi connectivity index (χ2v) is 7.17. The van der Waals surface area contributed by atoms with Gasteiger partial charge < -0.3 is 20.8 Å². The number of amides is 2. The molecule has 0 aromatic heterocycles. The summed E-state index contributed by atoms with van der Waals surface area (Å²) in [6, 6.07) is 14.5. The molecule has 8 nitrogen and oxygen atoms in total. The molecule has 0 spiro atoms. The first-order valence-electron chi connectivity index (χ1n) is 10.2. The lowest BCUT2D eigenvalue weighted by molar-refractivity contribution is -0.138. The van der Waals surface area contributed by atoms with E-state index in [0.717, 1.165) is 11.1 Å². The van der Waals surface area contributed by atoms with Gasteiger partial charge in [0.1, 0.15) is 0 Å². The zero-order valence-corrected chi connectivity index (χ0v) is 17.5. The lowest BCUT2D eigenvalue weighted by atomic mass is 10.1. The van der Waals surface area contributed by atoms with Gasteiger partial charge in [0, 0.05) is 37.1 Å². The monoisotopic (exact) mass is 438 g/mol. The number of benzene rings is 2. The highest BCUT2D eigenvalue weighted by molar-refractivity contribution is 5.91. The van der Waals surface area contributed by atoms with Gasteiger partial charge in [0.25, 0.3) is 0 Å². The van der Waals surface area contributed by atoms with Crippen molar-refractivity contribution in [3.63, 3.8) is 0 Å². The van der Waals surface area contributed by atoms with Gasteiger partial charge in [-0.25, -0.2) is 0 Å². The van der Waals surface area contributed by atoms with Crippen LogP contribution in [0.5, 0.6) is 0 Å². The Morgan fingerprint density at radius 3 is 1.25 bits per heavy atom. The van der Waals surface area contributed by atoms with E-state index in [9.17, 15) is 19.2 Å². The zero-order chi connectivity index (χ0) is 23.3. The summed E-state index contributed by atoms with van der Waals surface area (Å²) in [5.41, 5.74) is 3.16. The fourth-order valence-corrected chi connectivity index (χ4v) is 2.79. The Labute approximate surface area is 186 Å². The predicted octanol–water partition coefficient (Wildman–Crippen LogP) is 4.24. The molecule has 0 aliphatic rings. The molecule has 0 aliphatic heterocycles. The maximum absolute atomic E-state index is 11.8. The maximum Gasteiger partial charge on any atom is 0.303 e. The molecular weight excluding hydrogens is 412 g/mol. The molecule has 0 radical (unpaired) electrons. The van der Waals surface area contributed by atoms with Gasteiger partial charge in [-0.15, -0.1) is 0 Å². The van der Waals surface area contributed by atoms with Crippen LogP contribution in [0, 0.1) is 0 Å². The first kappa shape index (κ1) is 24.3. The second kappa shape index (κ2) is 12.7. The van der Waals surface area contributed by atoms with Gasteiger partial charge in [-0.05, 0) is 48.2 Å². The molecule has 32 heavy (non-hydrogen) atoms. The van der Waals surface area contributed by atoms with E-state index in [-0.39, 0.29) is 37.5 Å². The van der Waals surface area contributed by atoms with Gasteiger partial charge in [-0.1, -0.05) is 36.4 Å². The number of anilines is 2. The summed E-state index contributed by atoms with van der Waals surface area (Å²) in [5.74, 6) is -2.27. The van der Waals surface area contributed by atoms with Gasteiger partial charge in [-0.2, -0.15) is 0 Å². The normalized spacial score (nSPS) is 10.6. The first-order valence-corrected chi connectivity index (χ1v) is 10.2. The number of nitrogens with one attached hydrogen (secondary N) is 2. The van der Waals surface area contributed by atoms with Crippen LogP contribution in [0.25, 0.3) is 12.2 Å². The van der Waals surface area contributed by atoms with Gasteiger partial charge >= 0.3 is 11.9 Å². The molecule has 0 bridgehead atoms. The van der Waals surface area contributed by atoms with Crippen LogP contribution in [-0.2, 0) is 19.2 Å². The van der Waals surface area contributed by atoms with E-state index in [2.05, 4.69) is 10.6 Å². The molecule has 2 amide bonds. The van der Waals surface area contributed by atoms with Crippen molar-refractivity contribution in [2.75, 3.05) is 10.6 Å². The highest BCUT2D eigenvalue weighted by atomic mass is 16.4. The summed E-state index contributed by atoms with van der Waals surface area (Å²) in [7, 11) is 0. The van der Waals surface area contributed by atoms with Crippen LogP contribution < -0.4 is 10.6 Å². The van der Waals surface area contributed by atoms with Gasteiger partial charge in [0.2, 0.25) is 11.8 Å². The Balaban J connectivity index is 1.81. The van der Waals surface area contributed by atoms with Crippen molar-refractivity contribution in [3.05, 3.63) is 59.7 Å². The second-order valence-electron chi connectivity index (χ2n) is 7.17. The molecule has 0 fully saturated rings. The molecule has 2 aromatic carbocycles. The molecular formula is C24H26N2O6. The molecule has 168 valence electrons. The van der Waals surface area contributed by atoms with Crippen LogP contribution in [0.15, 0.2) is 48.5 Å². The molecule has 2 rings (SSSR count). The fraction of sp³-hybridized carbons (Fsp3) is 0.250. The first-order chi connectivity index (χ1) is 15.3. The average molecular weight is 438 g/mol. The topological polar surface area (TPSA) is 133 Å². The lowest BCUT2D eigenvalue weighted by Gasteiger charge is -2.05. The molecule has 0 aliphatic carbocycles. The van der Waals surface area contributed by atoms with E-state index in [1.54, 1.807) is 24.3 Å². The minimum Gasteiger partial charge on any atom is -0.481 e. The third-order valence-corrected chi connectivity index (χ3v) is 4.45. The maximum atomic E-state index is 11.8. The summed E-state index contributed by atoms with van der Waals surface area (Å²) in [6.45, 7) is 0. The van der Waals surface area contributed by atoms with Crippen LogP contribution in [0.2, 0.25) is 0 Å². The zero-order valence-electron chi connectivity index (χ0n) is 17.5. The van der Waals surface area contributed by atoms with Gasteiger partial charge in [0.15, 0.2) is 0 Å². The molecule has 2 aromatic rings. The summed E-state index contributed by atoms with van der Waals surface area (Å²) >= 11 is 0. The molecule has 0 unspecified atom stereocenters. The number of carboxylic acids is 2. The molecule has 4 N–H and O–H groups in total.